The lowest BCUT2D eigenvalue weighted by molar-refractivity contribution is 0.477. The summed E-state index contributed by atoms with van der Waals surface area (Å²) < 4.78 is 0. The van der Waals surface area contributed by atoms with Crippen LogP contribution in [0.1, 0.15) is 22.8 Å². The molecule has 0 radical (unpaired) electrons. The molecule has 6 rings (SSSR count). The van der Waals surface area contributed by atoms with Crippen molar-refractivity contribution >= 4 is 46.4 Å². The lowest BCUT2D eigenvalue weighted by Gasteiger charge is -2.06. The van der Waals surface area contributed by atoms with Gasteiger partial charge in [-0.25, -0.2) is 9.97 Å². The number of phenols is 1. The molecule has 2 aliphatic heterocycles. The van der Waals surface area contributed by atoms with Crippen molar-refractivity contribution in [3.8, 4) is 16.9 Å². The van der Waals surface area contributed by atoms with Crippen LogP contribution in [0.25, 0.3) is 57.5 Å². The Kier molecular flexibility index (Phi) is 3.86. The van der Waals surface area contributed by atoms with Gasteiger partial charge in [0, 0.05) is 33.2 Å². The van der Waals surface area contributed by atoms with Crippen molar-refractivity contribution < 1.29 is 5.11 Å². The summed E-state index contributed by atoms with van der Waals surface area (Å²) in [5.74, 6) is 0.215. The number of aromatic nitrogens is 4. The second-order valence-electron chi connectivity index (χ2n) is 7.57. The van der Waals surface area contributed by atoms with E-state index in [1.807, 2.05) is 85.0 Å². The maximum Gasteiger partial charge on any atom is 0.123 e. The van der Waals surface area contributed by atoms with Crippen molar-refractivity contribution in [2.75, 3.05) is 0 Å². The molecule has 148 valence electrons. The van der Waals surface area contributed by atoms with Gasteiger partial charge in [0.25, 0.3) is 0 Å². The van der Waals surface area contributed by atoms with Crippen molar-refractivity contribution in [3.05, 3.63) is 89.5 Å². The van der Waals surface area contributed by atoms with Crippen LogP contribution >= 0.6 is 0 Å². The first-order valence-corrected chi connectivity index (χ1v) is 10.1. The molecule has 31 heavy (non-hydrogen) atoms. The van der Waals surface area contributed by atoms with Gasteiger partial charge in [-0.1, -0.05) is 18.2 Å². The molecule has 3 aromatic heterocycles. The van der Waals surface area contributed by atoms with Crippen LogP contribution < -0.4 is 0 Å². The lowest BCUT2D eigenvalue weighted by Crippen LogP contribution is -1.86. The quantitative estimate of drug-likeness (QED) is 0.314. The first kappa shape index (κ1) is 17.5. The molecule has 4 aromatic rings. The maximum atomic E-state index is 10.6. The van der Waals surface area contributed by atoms with Gasteiger partial charge in [0.05, 0.1) is 22.8 Å². The lowest BCUT2D eigenvalue weighted by atomic mass is 10.0. The van der Waals surface area contributed by atoms with Crippen LogP contribution in [0.2, 0.25) is 0 Å². The molecule has 5 heteroatoms. The average molecular weight is 402 g/mol. The van der Waals surface area contributed by atoms with E-state index in [9.17, 15) is 5.11 Å². The van der Waals surface area contributed by atoms with E-state index in [0.29, 0.717) is 0 Å². The predicted molar refractivity (Wildman–Crippen MR) is 126 cm³/mol. The van der Waals surface area contributed by atoms with Crippen LogP contribution in [-0.2, 0) is 0 Å². The van der Waals surface area contributed by atoms with Crippen LogP contribution in [0.5, 0.6) is 5.75 Å². The third kappa shape index (κ3) is 3.22. The first-order valence-electron chi connectivity index (χ1n) is 10.1. The van der Waals surface area contributed by atoms with Gasteiger partial charge < -0.3 is 15.1 Å². The van der Waals surface area contributed by atoms with Gasteiger partial charge in [-0.15, -0.1) is 0 Å². The standard InChI is InChI=1S/C26H18N4O/c31-25-4-2-1-3-22(25)26-23-11-9-20(29-23)14-18-7-5-16(27-18)13-17-6-8-19(28-17)15-21-10-12-24(26)30-21/h1-15,27,30-31H. The van der Waals surface area contributed by atoms with Crippen LogP contribution in [0.3, 0.4) is 0 Å². The number of aromatic amines is 2. The fraction of sp³-hybridized carbons (Fsp3) is 0. The third-order valence-corrected chi connectivity index (χ3v) is 5.39. The SMILES string of the molecule is Oc1ccccc1-c1c2nc(cc3ccc(cc4nc(cc5ccc1[nH]5)C=C4)[nH]3)C=C2. The van der Waals surface area contributed by atoms with E-state index < -0.39 is 0 Å². The van der Waals surface area contributed by atoms with E-state index in [1.54, 1.807) is 6.07 Å². The van der Waals surface area contributed by atoms with Gasteiger partial charge in [-0.3, -0.25) is 0 Å². The summed E-state index contributed by atoms with van der Waals surface area (Å²) in [7, 11) is 0. The Hall–Kier alpha value is -4.38. The molecule has 0 atom stereocenters. The Labute approximate surface area is 178 Å². The van der Waals surface area contributed by atoms with E-state index in [-0.39, 0.29) is 5.75 Å². The van der Waals surface area contributed by atoms with E-state index >= 15 is 0 Å². The number of nitrogens with zero attached hydrogens (tertiary/aromatic N) is 2. The normalized spacial score (nSPS) is 12.4. The first-order chi connectivity index (χ1) is 15.2. The highest BCUT2D eigenvalue weighted by Gasteiger charge is 2.13. The molecule has 8 bridgehead atoms. The molecule has 5 nitrogen and oxygen atoms in total. The molecular formula is C26H18N4O. The number of fused-ring (bicyclic) bond motifs is 8. The van der Waals surface area contributed by atoms with Crippen molar-refractivity contribution in [3.63, 3.8) is 0 Å². The zero-order chi connectivity index (χ0) is 20.8. The number of H-pyrrole nitrogens is 2. The number of rotatable bonds is 1. The van der Waals surface area contributed by atoms with Crippen LogP contribution in [0, 0.1) is 0 Å². The zero-order valence-corrected chi connectivity index (χ0v) is 16.5. The van der Waals surface area contributed by atoms with Crippen molar-refractivity contribution in [2.45, 2.75) is 0 Å². The molecule has 1 aromatic carbocycles. The van der Waals surface area contributed by atoms with E-state index in [1.165, 1.54) is 0 Å². The minimum absolute atomic E-state index is 0.215. The highest BCUT2D eigenvalue weighted by molar-refractivity contribution is 5.92. The van der Waals surface area contributed by atoms with Crippen LogP contribution in [0.4, 0.5) is 0 Å². The number of phenolic OH excluding ortho intramolecular Hbond substituents is 1. The number of hydrogen-bond acceptors (Lipinski definition) is 3. The Bertz CT molecular complexity index is 1550. The van der Waals surface area contributed by atoms with Gasteiger partial charge in [-0.2, -0.15) is 0 Å². The monoisotopic (exact) mass is 402 g/mol. The summed E-state index contributed by atoms with van der Waals surface area (Å²) in [6, 6.07) is 21.5. The van der Waals surface area contributed by atoms with E-state index in [0.717, 1.165) is 56.0 Å². The van der Waals surface area contributed by atoms with Gasteiger partial charge in [0.15, 0.2) is 0 Å². The number of nitrogens with one attached hydrogen (secondary N) is 2. The minimum Gasteiger partial charge on any atom is -0.507 e. The number of benzene rings is 1. The second-order valence-corrected chi connectivity index (χ2v) is 7.57. The highest BCUT2D eigenvalue weighted by Crippen LogP contribution is 2.35. The zero-order valence-electron chi connectivity index (χ0n) is 16.5. The molecule has 0 amide bonds. The molecule has 0 aliphatic carbocycles. The van der Waals surface area contributed by atoms with Crippen molar-refractivity contribution in [2.24, 2.45) is 0 Å². The fourth-order valence-electron chi connectivity index (χ4n) is 3.98. The number of para-hydroxylation sites is 1. The van der Waals surface area contributed by atoms with Crippen molar-refractivity contribution in [1.82, 2.24) is 19.9 Å². The van der Waals surface area contributed by atoms with Gasteiger partial charge >= 0.3 is 0 Å². The number of hydrogen-bond donors (Lipinski definition) is 3. The van der Waals surface area contributed by atoms with E-state index in [4.69, 9.17) is 4.98 Å². The smallest absolute Gasteiger partial charge is 0.123 e. The third-order valence-electron chi connectivity index (χ3n) is 5.39. The summed E-state index contributed by atoms with van der Waals surface area (Å²) in [5, 5.41) is 10.6. The Morgan fingerprint density at radius 3 is 1.97 bits per heavy atom. The van der Waals surface area contributed by atoms with Crippen LogP contribution in [-0.4, -0.2) is 25.0 Å². The molecule has 0 saturated carbocycles. The average Bonchev–Trinajstić information content (AvgIpc) is 3.55. The number of aromatic hydroxyl groups is 1. The fourth-order valence-corrected chi connectivity index (χ4v) is 3.98. The molecular weight excluding hydrogens is 384 g/mol. The summed E-state index contributed by atoms with van der Waals surface area (Å²) in [5.41, 5.74) is 8.75. The predicted octanol–water partition coefficient (Wildman–Crippen LogP) is 6.03. The molecule has 0 spiro atoms. The molecule has 0 fully saturated rings. The van der Waals surface area contributed by atoms with Gasteiger partial charge in [-0.05, 0) is 72.8 Å². The Morgan fingerprint density at radius 1 is 0.613 bits per heavy atom. The topological polar surface area (TPSA) is 77.6 Å². The summed E-state index contributed by atoms with van der Waals surface area (Å²) >= 11 is 0. The van der Waals surface area contributed by atoms with Gasteiger partial charge in [0.1, 0.15) is 5.75 Å². The van der Waals surface area contributed by atoms with Crippen LogP contribution in [0.15, 0.2) is 66.7 Å². The second kappa shape index (κ2) is 6.85. The molecule has 3 N–H and O–H groups in total. The molecule has 2 aliphatic rings. The highest BCUT2D eigenvalue weighted by atomic mass is 16.3. The largest absolute Gasteiger partial charge is 0.507 e. The molecule has 0 saturated heterocycles. The van der Waals surface area contributed by atoms with E-state index in [2.05, 4.69) is 15.0 Å². The maximum absolute atomic E-state index is 10.6. The molecule has 5 heterocycles. The summed E-state index contributed by atoms with van der Waals surface area (Å²) in [6.07, 6.45) is 7.97. The van der Waals surface area contributed by atoms with Gasteiger partial charge in [0.2, 0.25) is 0 Å². The summed E-state index contributed by atoms with van der Waals surface area (Å²) in [4.78, 5) is 16.4. The van der Waals surface area contributed by atoms with Crippen molar-refractivity contribution in [1.29, 1.82) is 0 Å². The molecule has 0 unspecified atom stereocenters. The summed E-state index contributed by atoms with van der Waals surface area (Å²) in [6.45, 7) is 0. The Morgan fingerprint density at radius 2 is 1.23 bits per heavy atom. The minimum atomic E-state index is 0.215. The Balaban J connectivity index is 1.74.